The first-order valence-corrected chi connectivity index (χ1v) is 9.88. The van der Waals surface area contributed by atoms with Gasteiger partial charge >= 0.3 is 17.9 Å². The molecule has 0 atom stereocenters. The summed E-state index contributed by atoms with van der Waals surface area (Å²) in [6.07, 6.45) is 1.92. The molecule has 162 valence electrons. The van der Waals surface area contributed by atoms with Crippen molar-refractivity contribution in [3.63, 3.8) is 0 Å². The molecule has 0 aliphatic carbocycles. The number of carbonyl (C=O) groups excluding carboxylic acids is 3. The first kappa shape index (κ1) is 21.6. The molecular formula is C21H26N2O7. The molecule has 0 radical (unpaired) electrons. The molecule has 9 heteroatoms. The van der Waals surface area contributed by atoms with Gasteiger partial charge in [0.1, 0.15) is 0 Å². The maximum absolute atomic E-state index is 12.6. The number of hydrogen-bond acceptors (Lipinski definition) is 9. The number of anilines is 2. The highest BCUT2D eigenvalue weighted by Crippen LogP contribution is 2.27. The fourth-order valence-corrected chi connectivity index (χ4v) is 3.08. The van der Waals surface area contributed by atoms with Crippen LogP contribution in [0.2, 0.25) is 0 Å². The third-order valence-electron chi connectivity index (χ3n) is 4.51. The van der Waals surface area contributed by atoms with Gasteiger partial charge in [-0.15, -0.1) is 0 Å². The Kier molecular flexibility index (Phi) is 6.61. The van der Waals surface area contributed by atoms with Crippen molar-refractivity contribution in [2.24, 2.45) is 0 Å². The zero-order chi connectivity index (χ0) is 21.7. The minimum absolute atomic E-state index is 0.262. The fraction of sp³-hybridized carbons (Fsp3) is 0.476. The Morgan fingerprint density at radius 2 is 1.87 bits per heavy atom. The van der Waals surface area contributed by atoms with Crippen molar-refractivity contribution < 1.29 is 33.3 Å². The Bertz CT molecular complexity index is 835. The van der Waals surface area contributed by atoms with E-state index in [9.17, 15) is 14.4 Å². The molecule has 0 unspecified atom stereocenters. The predicted octanol–water partition coefficient (Wildman–Crippen LogP) is 2.22. The van der Waals surface area contributed by atoms with Gasteiger partial charge in [0.05, 0.1) is 31.1 Å². The second-order valence-corrected chi connectivity index (χ2v) is 7.35. The maximum Gasteiger partial charge on any atom is 0.350 e. The number of rotatable bonds is 6. The van der Waals surface area contributed by atoms with Crippen LogP contribution in [-0.4, -0.2) is 56.6 Å². The first-order valence-electron chi connectivity index (χ1n) is 9.88. The third kappa shape index (κ3) is 5.10. The number of ether oxygens (including phenoxy) is 4. The number of morpholine rings is 1. The van der Waals surface area contributed by atoms with E-state index >= 15 is 0 Å². The van der Waals surface area contributed by atoms with Crippen LogP contribution in [0.15, 0.2) is 30.0 Å². The molecule has 9 nitrogen and oxygen atoms in total. The van der Waals surface area contributed by atoms with Crippen LogP contribution in [0, 0.1) is 0 Å². The van der Waals surface area contributed by atoms with Crippen molar-refractivity contribution in [1.29, 1.82) is 0 Å². The van der Waals surface area contributed by atoms with E-state index in [1.807, 2.05) is 6.92 Å². The number of benzene rings is 1. The van der Waals surface area contributed by atoms with Gasteiger partial charge in [-0.1, -0.05) is 6.92 Å². The molecule has 2 fully saturated rings. The lowest BCUT2D eigenvalue weighted by Gasteiger charge is -2.30. The van der Waals surface area contributed by atoms with Crippen LogP contribution in [0.25, 0.3) is 0 Å². The summed E-state index contributed by atoms with van der Waals surface area (Å²) in [6.45, 7) is 7.68. The quantitative estimate of drug-likeness (QED) is 0.423. The summed E-state index contributed by atoms with van der Waals surface area (Å²) in [5.74, 6) is -3.30. The highest BCUT2D eigenvalue weighted by Gasteiger charge is 2.39. The SMILES string of the molecule is CCCOC(=O)c1cc(NC=C2C(=O)OC(C)(C)OC2=O)ccc1N1CCOCC1. The Labute approximate surface area is 174 Å². The van der Waals surface area contributed by atoms with Crippen molar-refractivity contribution in [2.45, 2.75) is 33.0 Å². The summed E-state index contributed by atoms with van der Waals surface area (Å²) in [4.78, 5) is 38.8. The minimum atomic E-state index is -1.30. The normalized spacial score (nSPS) is 18.4. The van der Waals surface area contributed by atoms with Gasteiger partial charge in [-0.25, -0.2) is 14.4 Å². The number of nitrogens with one attached hydrogen (secondary N) is 1. The van der Waals surface area contributed by atoms with Crippen molar-refractivity contribution in [3.05, 3.63) is 35.5 Å². The van der Waals surface area contributed by atoms with E-state index in [0.29, 0.717) is 50.6 Å². The standard InChI is InChI=1S/C21H26N2O7/c1-4-9-28-18(24)15-12-14(5-6-17(15)23-7-10-27-11-8-23)22-13-16-19(25)29-21(2,3)30-20(16)26/h5-6,12-13,22H,4,7-11H2,1-3H3. The lowest BCUT2D eigenvalue weighted by Crippen LogP contribution is -2.42. The summed E-state index contributed by atoms with van der Waals surface area (Å²) in [5, 5.41) is 2.87. The van der Waals surface area contributed by atoms with E-state index in [-0.39, 0.29) is 5.57 Å². The molecule has 2 heterocycles. The predicted molar refractivity (Wildman–Crippen MR) is 108 cm³/mol. The molecule has 0 spiro atoms. The Morgan fingerprint density at radius 1 is 1.20 bits per heavy atom. The second-order valence-electron chi connectivity index (χ2n) is 7.35. The molecule has 0 bridgehead atoms. The highest BCUT2D eigenvalue weighted by molar-refractivity contribution is 6.15. The molecule has 2 aliphatic heterocycles. The highest BCUT2D eigenvalue weighted by atomic mass is 16.7. The molecule has 3 rings (SSSR count). The summed E-state index contributed by atoms with van der Waals surface area (Å²) in [7, 11) is 0. The third-order valence-corrected chi connectivity index (χ3v) is 4.51. The second kappa shape index (κ2) is 9.17. The molecule has 1 aromatic rings. The Balaban J connectivity index is 1.84. The van der Waals surface area contributed by atoms with Crippen LogP contribution in [0.1, 0.15) is 37.6 Å². The van der Waals surface area contributed by atoms with Gasteiger partial charge in [0, 0.05) is 38.8 Å². The van der Waals surface area contributed by atoms with Crippen molar-refractivity contribution in [1.82, 2.24) is 0 Å². The van der Waals surface area contributed by atoms with Crippen LogP contribution >= 0.6 is 0 Å². The molecular weight excluding hydrogens is 392 g/mol. The van der Waals surface area contributed by atoms with E-state index in [1.165, 1.54) is 20.0 Å². The van der Waals surface area contributed by atoms with Crippen LogP contribution in [0.3, 0.4) is 0 Å². The molecule has 0 aromatic heterocycles. The zero-order valence-electron chi connectivity index (χ0n) is 17.4. The molecule has 1 aromatic carbocycles. The van der Waals surface area contributed by atoms with E-state index < -0.39 is 23.7 Å². The van der Waals surface area contributed by atoms with Crippen LogP contribution < -0.4 is 10.2 Å². The minimum Gasteiger partial charge on any atom is -0.462 e. The summed E-state index contributed by atoms with van der Waals surface area (Å²) in [6, 6.07) is 5.18. The molecule has 0 saturated carbocycles. The number of carbonyl (C=O) groups is 3. The number of cyclic esters (lactones) is 2. The average Bonchev–Trinajstić information content (AvgIpc) is 2.71. The fourth-order valence-electron chi connectivity index (χ4n) is 3.08. The zero-order valence-corrected chi connectivity index (χ0v) is 17.4. The van der Waals surface area contributed by atoms with Gasteiger partial charge in [-0.3, -0.25) is 0 Å². The molecule has 2 aliphatic rings. The topological polar surface area (TPSA) is 103 Å². The van der Waals surface area contributed by atoms with E-state index in [1.54, 1.807) is 18.2 Å². The summed E-state index contributed by atoms with van der Waals surface area (Å²) >= 11 is 0. The van der Waals surface area contributed by atoms with Crippen molar-refractivity contribution in [3.8, 4) is 0 Å². The molecule has 30 heavy (non-hydrogen) atoms. The monoisotopic (exact) mass is 418 g/mol. The van der Waals surface area contributed by atoms with Gasteiger partial charge in [0.15, 0.2) is 5.57 Å². The van der Waals surface area contributed by atoms with E-state index in [2.05, 4.69) is 10.2 Å². The molecule has 1 N–H and O–H groups in total. The lowest BCUT2D eigenvalue weighted by atomic mass is 10.1. The average molecular weight is 418 g/mol. The maximum atomic E-state index is 12.6. The number of nitrogens with zero attached hydrogens (tertiary/aromatic N) is 1. The van der Waals surface area contributed by atoms with Crippen LogP contribution in [0.4, 0.5) is 11.4 Å². The van der Waals surface area contributed by atoms with Gasteiger partial charge in [0.25, 0.3) is 5.79 Å². The van der Waals surface area contributed by atoms with Crippen LogP contribution in [-0.2, 0) is 28.5 Å². The molecule has 0 amide bonds. The number of esters is 3. The smallest absolute Gasteiger partial charge is 0.350 e. The van der Waals surface area contributed by atoms with Gasteiger partial charge in [0.2, 0.25) is 0 Å². The lowest BCUT2D eigenvalue weighted by molar-refractivity contribution is -0.222. The van der Waals surface area contributed by atoms with Crippen LogP contribution in [0.5, 0.6) is 0 Å². The van der Waals surface area contributed by atoms with Gasteiger partial charge in [-0.05, 0) is 24.6 Å². The molecule has 2 saturated heterocycles. The summed E-state index contributed by atoms with van der Waals surface area (Å²) in [5.41, 5.74) is 1.38. The first-order chi connectivity index (χ1) is 14.3. The summed E-state index contributed by atoms with van der Waals surface area (Å²) < 4.78 is 20.8. The Hall–Kier alpha value is -3.07. The van der Waals surface area contributed by atoms with Crippen molar-refractivity contribution >= 4 is 29.3 Å². The number of hydrogen-bond donors (Lipinski definition) is 1. The van der Waals surface area contributed by atoms with Gasteiger partial charge < -0.3 is 29.2 Å². The van der Waals surface area contributed by atoms with E-state index in [4.69, 9.17) is 18.9 Å². The van der Waals surface area contributed by atoms with E-state index in [0.717, 1.165) is 5.69 Å². The Morgan fingerprint density at radius 3 is 2.50 bits per heavy atom. The largest absolute Gasteiger partial charge is 0.462 e. The van der Waals surface area contributed by atoms with Crippen molar-refractivity contribution in [2.75, 3.05) is 43.1 Å². The van der Waals surface area contributed by atoms with Gasteiger partial charge in [-0.2, -0.15) is 0 Å².